The maximum Gasteiger partial charge on any atom is 0.159 e. The summed E-state index contributed by atoms with van der Waals surface area (Å²) >= 11 is 1.46. The lowest BCUT2D eigenvalue weighted by molar-refractivity contribution is 0.182. The minimum Gasteiger partial charge on any atom is -0.394 e. The van der Waals surface area contributed by atoms with E-state index in [0.717, 1.165) is 31.1 Å². The Morgan fingerprint density at radius 1 is 1.33 bits per heavy atom. The van der Waals surface area contributed by atoms with Gasteiger partial charge in [0.05, 0.1) is 6.61 Å². The van der Waals surface area contributed by atoms with E-state index in [1.165, 1.54) is 17.8 Å². The largest absolute Gasteiger partial charge is 0.394 e. The lowest BCUT2D eigenvalue weighted by Crippen LogP contribution is -2.42. The third kappa shape index (κ3) is 4.55. The molecular weight excluding hydrogens is 256 g/mol. The minimum atomic E-state index is -0.827. The molecule has 1 unspecified atom stereocenters. The van der Waals surface area contributed by atoms with E-state index in [2.05, 4.69) is 0 Å². The van der Waals surface area contributed by atoms with E-state index in [0.29, 0.717) is 4.90 Å². The molecule has 0 aliphatic rings. The van der Waals surface area contributed by atoms with E-state index < -0.39 is 17.2 Å². The summed E-state index contributed by atoms with van der Waals surface area (Å²) in [5, 5.41) is 9.15. The Morgan fingerprint density at radius 3 is 2.61 bits per heavy atom. The third-order valence-electron chi connectivity index (χ3n) is 3.00. The molecule has 1 rings (SSSR count). The highest BCUT2D eigenvalue weighted by molar-refractivity contribution is 7.99. The van der Waals surface area contributed by atoms with Crippen molar-refractivity contribution in [2.24, 2.45) is 5.73 Å². The van der Waals surface area contributed by atoms with Gasteiger partial charge in [0.2, 0.25) is 0 Å². The molecule has 1 aromatic rings. The van der Waals surface area contributed by atoms with Crippen LogP contribution in [0.25, 0.3) is 0 Å². The maximum atomic E-state index is 12.9. The minimum absolute atomic E-state index is 0.0284. The number of hydrogen-bond donors (Lipinski definition) is 2. The fourth-order valence-electron chi connectivity index (χ4n) is 1.55. The normalized spacial score (nSPS) is 14.5. The number of nitrogens with two attached hydrogens (primary N) is 1. The molecule has 1 atom stereocenters. The molecular formula is C13H19F2NOS. The SMILES string of the molecule is CCC(N)(CO)CCCSc1ccc(F)c(F)c1. The number of aliphatic hydroxyl groups excluding tert-OH is 1. The molecule has 18 heavy (non-hydrogen) atoms. The van der Waals surface area contributed by atoms with Crippen molar-refractivity contribution in [2.75, 3.05) is 12.4 Å². The molecule has 0 saturated heterocycles. The molecule has 0 aliphatic heterocycles. The Labute approximate surface area is 111 Å². The molecule has 0 radical (unpaired) electrons. The molecule has 3 N–H and O–H groups in total. The van der Waals surface area contributed by atoms with Gasteiger partial charge in [-0.05, 0) is 43.2 Å². The van der Waals surface area contributed by atoms with Gasteiger partial charge in [0, 0.05) is 10.4 Å². The smallest absolute Gasteiger partial charge is 0.159 e. The summed E-state index contributed by atoms with van der Waals surface area (Å²) in [5.41, 5.74) is 5.43. The third-order valence-corrected chi connectivity index (χ3v) is 4.08. The summed E-state index contributed by atoms with van der Waals surface area (Å²) in [6, 6.07) is 3.89. The van der Waals surface area contributed by atoms with E-state index in [-0.39, 0.29) is 6.61 Å². The van der Waals surface area contributed by atoms with Crippen molar-refractivity contribution in [3.63, 3.8) is 0 Å². The first kappa shape index (κ1) is 15.4. The lowest BCUT2D eigenvalue weighted by Gasteiger charge is -2.25. The second-order valence-electron chi connectivity index (χ2n) is 4.40. The monoisotopic (exact) mass is 275 g/mol. The van der Waals surface area contributed by atoms with Crippen LogP contribution in [0, 0.1) is 11.6 Å². The molecule has 1 aromatic carbocycles. The van der Waals surface area contributed by atoms with Crippen LogP contribution >= 0.6 is 11.8 Å². The van der Waals surface area contributed by atoms with E-state index in [9.17, 15) is 8.78 Å². The van der Waals surface area contributed by atoms with Crippen LogP contribution in [0.15, 0.2) is 23.1 Å². The first-order valence-electron chi connectivity index (χ1n) is 5.98. The van der Waals surface area contributed by atoms with Crippen molar-refractivity contribution >= 4 is 11.8 Å². The fraction of sp³-hybridized carbons (Fsp3) is 0.538. The molecule has 0 saturated carbocycles. The summed E-state index contributed by atoms with van der Waals surface area (Å²) < 4.78 is 25.7. The molecule has 102 valence electrons. The van der Waals surface area contributed by atoms with Gasteiger partial charge >= 0.3 is 0 Å². The molecule has 0 spiro atoms. The molecule has 0 fully saturated rings. The second kappa shape index (κ2) is 7.07. The summed E-state index contributed by atoms with van der Waals surface area (Å²) in [5.74, 6) is -0.881. The number of benzene rings is 1. The summed E-state index contributed by atoms with van der Waals surface area (Å²) in [6.07, 6.45) is 2.27. The molecule has 0 aromatic heterocycles. The average molecular weight is 275 g/mol. The zero-order chi connectivity index (χ0) is 13.6. The summed E-state index contributed by atoms with van der Waals surface area (Å²) in [6.45, 7) is 1.91. The number of thioether (sulfide) groups is 1. The van der Waals surface area contributed by atoms with Crippen molar-refractivity contribution in [3.8, 4) is 0 Å². The zero-order valence-electron chi connectivity index (χ0n) is 10.5. The van der Waals surface area contributed by atoms with Crippen LogP contribution in [-0.2, 0) is 0 Å². The Balaban J connectivity index is 2.36. The van der Waals surface area contributed by atoms with Crippen LogP contribution in [0.2, 0.25) is 0 Å². The van der Waals surface area contributed by atoms with E-state index in [1.807, 2.05) is 6.92 Å². The van der Waals surface area contributed by atoms with Crippen LogP contribution in [0.4, 0.5) is 8.78 Å². The van der Waals surface area contributed by atoms with Gasteiger partial charge in [-0.1, -0.05) is 6.92 Å². The van der Waals surface area contributed by atoms with Gasteiger partial charge in [0.15, 0.2) is 11.6 Å². The lowest BCUT2D eigenvalue weighted by atomic mass is 9.93. The molecule has 2 nitrogen and oxygen atoms in total. The highest BCUT2D eigenvalue weighted by atomic mass is 32.2. The van der Waals surface area contributed by atoms with Crippen LogP contribution < -0.4 is 5.73 Å². The van der Waals surface area contributed by atoms with Crippen molar-refractivity contribution in [1.29, 1.82) is 0 Å². The first-order valence-corrected chi connectivity index (χ1v) is 6.97. The van der Waals surface area contributed by atoms with Crippen molar-refractivity contribution in [1.82, 2.24) is 0 Å². The Hall–Kier alpha value is -0.650. The number of aliphatic hydroxyl groups is 1. The van der Waals surface area contributed by atoms with Crippen LogP contribution in [0.5, 0.6) is 0 Å². The van der Waals surface area contributed by atoms with Gasteiger partial charge < -0.3 is 10.8 Å². The molecule has 5 heteroatoms. The Morgan fingerprint density at radius 2 is 2.06 bits per heavy atom. The summed E-state index contributed by atoms with van der Waals surface area (Å²) in [7, 11) is 0. The predicted octanol–water partition coefficient (Wildman–Crippen LogP) is 2.94. The van der Waals surface area contributed by atoms with Crippen LogP contribution in [0.3, 0.4) is 0 Å². The van der Waals surface area contributed by atoms with Gasteiger partial charge in [-0.15, -0.1) is 11.8 Å². The van der Waals surface area contributed by atoms with Gasteiger partial charge in [-0.25, -0.2) is 8.78 Å². The number of hydrogen-bond acceptors (Lipinski definition) is 3. The van der Waals surface area contributed by atoms with Crippen LogP contribution in [-0.4, -0.2) is 23.0 Å². The molecule has 0 amide bonds. The number of rotatable bonds is 7. The topological polar surface area (TPSA) is 46.2 Å². The van der Waals surface area contributed by atoms with Crippen molar-refractivity contribution < 1.29 is 13.9 Å². The van der Waals surface area contributed by atoms with Crippen molar-refractivity contribution in [2.45, 2.75) is 36.6 Å². The molecule has 0 heterocycles. The van der Waals surface area contributed by atoms with Gasteiger partial charge in [-0.3, -0.25) is 0 Å². The Kier molecular flexibility index (Phi) is 6.05. The van der Waals surface area contributed by atoms with Gasteiger partial charge in [-0.2, -0.15) is 0 Å². The second-order valence-corrected chi connectivity index (χ2v) is 5.57. The zero-order valence-corrected chi connectivity index (χ0v) is 11.3. The molecule has 0 bridgehead atoms. The van der Waals surface area contributed by atoms with Gasteiger partial charge in [0.1, 0.15) is 0 Å². The fourth-order valence-corrected chi connectivity index (χ4v) is 2.42. The standard InChI is InChI=1S/C13H19F2NOS/c1-2-13(16,9-17)6-3-7-18-10-4-5-11(14)12(15)8-10/h4-5,8,17H,2-3,6-7,9,16H2,1H3. The number of halogens is 2. The van der Waals surface area contributed by atoms with E-state index in [1.54, 1.807) is 6.07 Å². The van der Waals surface area contributed by atoms with E-state index in [4.69, 9.17) is 10.8 Å². The summed E-state index contributed by atoms with van der Waals surface area (Å²) in [4.78, 5) is 0.706. The first-order chi connectivity index (χ1) is 8.50. The Bertz CT molecular complexity index is 383. The van der Waals surface area contributed by atoms with E-state index >= 15 is 0 Å². The van der Waals surface area contributed by atoms with Crippen LogP contribution in [0.1, 0.15) is 26.2 Å². The molecule has 0 aliphatic carbocycles. The van der Waals surface area contributed by atoms with Gasteiger partial charge in [0.25, 0.3) is 0 Å². The highest BCUT2D eigenvalue weighted by Gasteiger charge is 2.20. The maximum absolute atomic E-state index is 12.9. The highest BCUT2D eigenvalue weighted by Crippen LogP contribution is 2.23. The van der Waals surface area contributed by atoms with Crippen molar-refractivity contribution in [3.05, 3.63) is 29.8 Å². The quantitative estimate of drug-likeness (QED) is 0.594. The average Bonchev–Trinajstić information content (AvgIpc) is 2.38. The predicted molar refractivity (Wildman–Crippen MR) is 70.6 cm³/mol.